The molecule has 0 aliphatic carbocycles. The molecule has 0 spiro atoms. The van der Waals surface area contributed by atoms with Crippen LogP contribution in [0.5, 0.6) is 0 Å². The van der Waals surface area contributed by atoms with Crippen LogP contribution < -0.4 is 10.6 Å². The highest BCUT2D eigenvalue weighted by Crippen LogP contribution is 2.28. The fraction of sp³-hybridized carbons (Fsp3) is 0.333. The first-order valence-corrected chi connectivity index (χ1v) is 13.3. The number of nitrogens with one attached hydrogen (secondary N) is 2. The third kappa shape index (κ3) is 5.81. The summed E-state index contributed by atoms with van der Waals surface area (Å²) in [5, 5.41) is 8.19. The fourth-order valence-electron chi connectivity index (χ4n) is 4.64. The molecular weight excluding hydrogens is 490 g/mol. The highest BCUT2D eigenvalue weighted by Gasteiger charge is 2.39. The van der Waals surface area contributed by atoms with Crippen molar-refractivity contribution in [3.63, 3.8) is 0 Å². The van der Waals surface area contributed by atoms with Crippen LogP contribution in [0.3, 0.4) is 0 Å². The van der Waals surface area contributed by atoms with Gasteiger partial charge < -0.3 is 25.2 Å². The van der Waals surface area contributed by atoms with E-state index in [4.69, 9.17) is 4.74 Å². The van der Waals surface area contributed by atoms with Gasteiger partial charge in [0.15, 0.2) is 5.13 Å². The van der Waals surface area contributed by atoms with Gasteiger partial charge >= 0.3 is 6.03 Å². The van der Waals surface area contributed by atoms with E-state index >= 15 is 0 Å². The maximum Gasteiger partial charge on any atom is 0.318 e. The highest BCUT2D eigenvalue weighted by molar-refractivity contribution is 7.14. The molecule has 0 unspecified atom stereocenters. The Kier molecular flexibility index (Phi) is 7.76. The summed E-state index contributed by atoms with van der Waals surface area (Å²) in [4.78, 5) is 47.8. The first-order valence-electron chi connectivity index (χ1n) is 12.4. The quantitative estimate of drug-likeness (QED) is 0.519. The first kappa shape index (κ1) is 24.9. The van der Waals surface area contributed by atoms with Gasteiger partial charge in [0.1, 0.15) is 12.1 Å². The number of anilines is 1. The van der Waals surface area contributed by atoms with E-state index < -0.39 is 12.1 Å². The smallest absolute Gasteiger partial charge is 0.318 e. The van der Waals surface area contributed by atoms with E-state index in [1.807, 2.05) is 66.0 Å². The number of aromatic nitrogens is 1. The average molecular weight is 520 g/mol. The summed E-state index contributed by atoms with van der Waals surface area (Å²) in [6.07, 6.45) is 1.25. The molecule has 3 aromatic rings. The Hall–Kier alpha value is -3.76. The second kappa shape index (κ2) is 11.5. The maximum absolute atomic E-state index is 13.8. The predicted octanol–water partition coefficient (Wildman–Crippen LogP) is 3.52. The number of carbonyl (C=O) groups is 3. The van der Waals surface area contributed by atoms with Crippen LogP contribution in [0.1, 0.15) is 24.4 Å². The van der Waals surface area contributed by atoms with Crippen molar-refractivity contribution >= 4 is 34.3 Å². The molecule has 0 saturated carbocycles. The van der Waals surface area contributed by atoms with Crippen LogP contribution in [0.2, 0.25) is 0 Å². The van der Waals surface area contributed by atoms with Crippen LogP contribution in [0.4, 0.5) is 9.93 Å². The van der Waals surface area contributed by atoms with Crippen molar-refractivity contribution in [2.45, 2.75) is 24.9 Å². The molecule has 3 heterocycles. The summed E-state index contributed by atoms with van der Waals surface area (Å²) in [6.45, 7) is 2.31. The number of nitrogens with zero attached hydrogens (tertiary/aromatic N) is 3. The molecule has 2 aromatic carbocycles. The lowest BCUT2D eigenvalue weighted by Gasteiger charge is -2.32. The second-order valence-electron chi connectivity index (χ2n) is 8.98. The number of amides is 4. The van der Waals surface area contributed by atoms with Gasteiger partial charge in [-0.15, -0.1) is 11.3 Å². The molecule has 9 nitrogen and oxygen atoms in total. The molecule has 1 aromatic heterocycles. The summed E-state index contributed by atoms with van der Waals surface area (Å²) < 4.78 is 5.34. The molecule has 2 aliphatic rings. The fourth-order valence-corrected chi connectivity index (χ4v) is 5.37. The van der Waals surface area contributed by atoms with Crippen LogP contribution in [-0.4, -0.2) is 71.5 Å². The van der Waals surface area contributed by atoms with Crippen LogP contribution in [0.15, 0.2) is 66.0 Å². The average Bonchev–Trinajstić information content (AvgIpc) is 3.63. The minimum atomic E-state index is -0.894. The Morgan fingerprint density at radius 2 is 1.68 bits per heavy atom. The number of ether oxygens (including phenoxy) is 1. The van der Waals surface area contributed by atoms with Crippen LogP contribution in [0, 0.1) is 0 Å². The molecule has 192 valence electrons. The first-order chi connectivity index (χ1) is 18.1. The second-order valence-corrected chi connectivity index (χ2v) is 9.83. The van der Waals surface area contributed by atoms with Crippen LogP contribution in [-0.2, 0) is 14.3 Å². The SMILES string of the molecule is O=C(Nc1nc(-c2ccccc2)cs1)[C@@H]1CCCN1C(=O)[C@H](NC(=O)N1CCOCC1)c1ccccc1. The van der Waals surface area contributed by atoms with E-state index in [9.17, 15) is 14.4 Å². The lowest BCUT2D eigenvalue weighted by atomic mass is 10.0. The molecule has 2 saturated heterocycles. The number of urea groups is 1. The minimum Gasteiger partial charge on any atom is -0.378 e. The van der Waals surface area contributed by atoms with Gasteiger partial charge in [-0.05, 0) is 18.4 Å². The van der Waals surface area contributed by atoms with Gasteiger partial charge in [-0.3, -0.25) is 9.59 Å². The van der Waals surface area contributed by atoms with Crippen molar-refractivity contribution in [3.05, 3.63) is 71.6 Å². The molecule has 5 rings (SSSR count). The van der Waals surface area contributed by atoms with Gasteiger partial charge in [0.25, 0.3) is 5.91 Å². The summed E-state index contributed by atoms with van der Waals surface area (Å²) in [6, 6.07) is 17.1. The molecule has 2 N–H and O–H groups in total. The Morgan fingerprint density at radius 3 is 2.41 bits per heavy atom. The standard InChI is InChI=1S/C27H29N5O4S/c33-24(30-26-28-21(18-37-26)19-8-3-1-4-9-19)22-12-7-13-32(22)25(34)23(20-10-5-2-6-11-20)29-27(35)31-14-16-36-17-15-31/h1-6,8-11,18,22-23H,7,12-17H2,(H,29,35)(H,28,30,33)/t22-,23+/m0/s1. The number of likely N-dealkylation sites (tertiary alicyclic amines) is 1. The molecule has 2 fully saturated rings. The lowest BCUT2D eigenvalue weighted by Crippen LogP contribution is -2.52. The van der Waals surface area contributed by atoms with E-state index in [2.05, 4.69) is 15.6 Å². The maximum atomic E-state index is 13.8. The van der Waals surface area contributed by atoms with Gasteiger partial charge in [0, 0.05) is 30.6 Å². The van der Waals surface area contributed by atoms with E-state index in [0.29, 0.717) is 56.4 Å². The Balaban J connectivity index is 1.30. The van der Waals surface area contributed by atoms with Crippen molar-refractivity contribution in [1.82, 2.24) is 20.1 Å². The van der Waals surface area contributed by atoms with Gasteiger partial charge in [-0.2, -0.15) is 0 Å². The van der Waals surface area contributed by atoms with Crippen molar-refractivity contribution in [3.8, 4) is 11.3 Å². The van der Waals surface area contributed by atoms with Crippen molar-refractivity contribution < 1.29 is 19.1 Å². The minimum absolute atomic E-state index is 0.272. The third-order valence-electron chi connectivity index (χ3n) is 6.59. The predicted molar refractivity (Wildman–Crippen MR) is 141 cm³/mol. The summed E-state index contributed by atoms with van der Waals surface area (Å²) in [5.74, 6) is -0.569. The van der Waals surface area contributed by atoms with E-state index in [-0.39, 0.29) is 17.8 Å². The number of benzene rings is 2. The van der Waals surface area contributed by atoms with Crippen LogP contribution >= 0.6 is 11.3 Å². The van der Waals surface area contributed by atoms with Crippen molar-refractivity contribution in [1.29, 1.82) is 0 Å². The van der Waals surface area contributed by atoms with E-state index in [1.165, 1.54) is 11.3 Å². The number of carbonyl (C=O) groups excluding carboxylic acids is 3. The molecular formula is C27H29N5O4S. The van der Waals surface area contributed by atoms with E-state index in [0.717, 1.165) is 11.3 Å². The Morgan fingerprint density at radius 1 is 0.973 bits per heavy atom. The topological polar surface area (TPSA) is 104 Å². The molecule has 37 heavy (non-hydrogen) atoms. The zero-order chi connectivity index (χ0) is 25.6. The normalized spacial score (nSPS) is 18.3. The monoisotopic (exact) mass is 519 g/mol. The zero-order valence-corrected chi connectivity index (χ0v) is 21.2. The molecule has 0 bridgehead atoms. The summed E-state index contributed by atoms with van der Waals surface area (Å²) in [5.41, 5.74) is 2.43. The van der Waals surface area contributed by atoms with Gasteiger partial charge in [-0.1, -0.05) is 60.7 Å². The highest BCUT2D eigenvalue weighted by atomic mass is 32.1. The summed E-state index contributed by atoms with van der Waals surface area (Å²) >= 11 is 1.35. The molecule has 2 atom stereocenters. The number of rotatable bonds is 6. The molecule has 4 amide bonds. The number of thiazole rings is 1. The summed E-state index contributed by atoms with van der Waals surface area (Å²) in [7, 11) is 0. The van der Waals surface area contributed by atoms with Crippen LogP contribution in [0.25, 0.3) is 11.3 Å². The zero-order valence-electron chi connectivity index (χ0n) is 20.3. The number of hydrogen-bond acceptors (Lipinski definition) is 6. The molecule has 0 radical (unpaired) electrons. The van der Waals surface area contributed by atoms with Gasteiger partial charge in [-0.25, -0.2) is 9.78 Å². The lowest BCUT2D eigenvalue weighted by molar-refractivity contribution is -0.138. The van der Waals surface area contributed by atoms with E-state index in [1.54, 1.807) is 9.80 Å². The molecule has 10 heteroatoms. The Labute approximate surface area is 219 Å². The number of hydrogen-bond donors (Lipinski definition) is 2. The van der Waals surface area contributed by atoms with Crippen molar-refractivity contribution in [2.75, 3.05) is 38.2 Å². The van der Waals surface area contributed by atoms with Gasteiger partial charge in [0.05, 0.1) is 18.9 Å². The number of morpholine rings is 1. The van der Waals surface area contributed by atoms with Crippen molar-refractivity contribution in [2.24, 2.45) is 0 Å². The largest absolute Gasteiger partial charge is 0.378 e. The molecule has 2 aliphatic heterocycles. The Bertz CT molecular complexity index is 1230. The van der Waals surface area contributed by atoms with Gasteiger partial charge in [0.2, 0.25) is 5.91 Å². The third-order valence-corrected chi connectivity index (χ3v) is 7.35.